The predicted octanol–water partition coefficient (Wildman–Crippen LogP) is 3.79. The molecule has 1 N–H and O–H groups in total. The smallest absolute Gasteiger partial charge is 0.0954 e. The minimum absolute atomic E-state index is 0.548. The third kappa shape index (κ3) is 4.62. The fraction of sp³-hybridized carbons (Fsp3) is 0.769. The standard InChI is InChI=1S/C13H24N2S/c1-9(2)6-11(5)14-7-12-8-16-13(15-12)10(3)4/h8-11,14H,6-7H2,1-5H3. The van der Waals surface area contributed by atoms with E-state index >= 15 is 0 Å². The summed E-state index contributed by atoms with van der Waals surface area (Å²) in [5, 5.41) is 6.94. The second-order valence-corrected chi connectivity index (χ2v) is 6.13. The molecule has 0 spiro atoms. The monoisotopic (exact) mass is 240 g/mol. The molecule has 1 aromatic rings. The molecule has 16 heavy (non-hydrogen) atoms. The van der Waals surface area contributed by atoms with Crippen LogP contribution in [0.4, 0.5) is 0 Å². The molecule has 1 atom stereocenters. The van der Waals surface area contributed by atoms with Gasteiger partial charge < -0.3 is 5.32 Å². The second-order valence-electron chi connectivity index (χ2n) is 5.24. The first kappa shape index (κ1) is 13.7. The number of aromatic nitrogens is 1. The molecule has 0 amide bonds. The number of thiazole rings is 1. The lowest BCUT2D eigenvalue weighted by Gasteiger charge is -2.14. The van der Waals surface area contributed by atoms with Crippen LogP contribution in [0.3, 0.4) is 0 Å². The van der Waals surface area contributed by atoms with Crippen LogP contribution in [0.1, 0.15) is 57.7 Å². The van der Waals surface area contributed by atoms with E-state index in [1.165, 1.54) is 17.1 Å². The molecule has 0 saturated heterocycles. The summed E-state index contributed by atoms with van der Waals surface area (Å²) in [4.78, 5) is 4.62. The van der Waals surface area contributed by atoms with Crippen molar-refractivity contribution < 1.29 is 0 Å². The molecule has 0 bridgehead atoms. The zero-order valence-corrected chi connectivity index (χ0v) is 11.9. The molecule has 1 heterocycles. The highest BCUT2D eigenvalue weighted by molar-refractivity contribution is 7.09. The minimum Gasteiger partial charge on any atom is -0.309 e. The maximum atomic E-state index is 4.62. The van der Waals surface area contributed by atoms with Crippen LogP contribution < -0.4 is 5.32 Å². The first-order valence-corrected chi connectivity index (χ1v) is 7.04. The van der Waals surface area contributed by atoms with E-state index in [9.17, 15) is 0 Å². The number of nitrogens with one attached hydrogen (secondary N) is 1. The van der Waals surface area contributed by atoms with Gasteiger partial charge in [0.15, 0.2) is 0 Å². The van der Waals surface area contributed by atoms with Crippen molar-refractivity contribution in [3.05, 3.63) is 16.1 Å². The Morgan fingerprint density at radius 3 is 2.44 bits per heavy atom. The topological polar surface area (TPSA) is 24.9 Å². The molecule has 2 nitrogen and oxygen atoms in total. The van der Waals surface area contributed by atoms with Gasteiger partial charge in [-0.3, -0.25) is 0 Å². The van der Waals surface area contributed by atoms with Gasteiger partial charge in [-0.1, -0.05) is 27.7 Å². The summed E-state index contributed by atoms with van der Waals surface area (Å²) in [5.74, 6) is 1.30. The van der Waals surface area contributed by atoms with Gasteiger partial charge in [0.25, 0.3) is 0 Å². The maximum absolute atomic E-state index is 4.62. The normalized spacial score (nSPS) is 13.7. The molecule has 0 radical (unpaired) electrons. The Kier molecular flexibility index (Phi) is 5.42. The van der Waals surface area contributed by atoms with Gasteiger partial charge in [0, 0.05) is 23.9 Å². The lowest BCUT2D eigenvalue weighted by molar-refractivity contribution is 0.439. The Hall–Kier alpha value is -0.410. The van der Waals surface area contributed by atoms with Gasteiger partial charge in [-0.05, 0) is 19.3 Å². The van der Waals surface area contributed by atoms with Crippen molar-refractivity contribution >= 4 is 11.3 Å². The SMILES string of the molecule is CC(C)CC(C)NCc1csc(C(C)C)n1. The number of rotatable bonds is 6. The van der Waals surface area contributed by atoms with E-state index in [2.05, 4.69) is 50.3 Å². The third-order valence-electron chi connectivity index (χ3n) is 2.52. The third-order valence-corrected chi connectivity index (χ3v) is 3.71. The van der Waals surface area contributed by atoms with Gasteiger partial charge in [-0.15, -0.1) is 11.3 Å². The summed E-state index contributed by atoms with van der Waals surface area (Å²) in [7, 11) is 0. The van der Waals surface area contributed by atoms with Gasteiger partial charge in [-0.25, -0.2) is 4.98 Å². The van der Waals surface area contributed by atoms with E-state index in [-0.39, 0.29) is 0 Å². The lowest BCUT2D eigenvalue weighted by atomic mass is 10.1. The van der Waals surface area contributed by atoms with Crippen LogP contribution in [0.2, 0.25) is 0 Å². The van der Waals surface area contributed by atoms with Gasteiger partial charge in [0.05, 0.1) is 10.7 Å². The molecular weight excluding hydrogens is 216 g/mol. The Morgan fingerprint density at radius 2 is 1.94 bits per heavy atom. The fourth-order valence-electron chi connectivity index (χ4n) is 1.74. The van der Waals surface area contributed by atoms with Crippen LogP contribution in [0.5, 0.6) is 0 Å². The Balaban J connectivity index is 2.36. The van der Waals surface area contributed by atoms with Crippen molar-refractivity contribution in [2.45, 2.75) is 59.5 Å². The van der Waals surface area contributed by atoms with Crippen LogP contribution >= 0.6 is 11.3 Å². The van der Waals surface area contributed by atoms with Gasteiger partial charge in [-0.2, -0.15) is 0 Å². The van der Waals surface area contributed by atoms with E-state index < -0.39 is 0 Å². The van der Waals surface area contributed by atoms with Crippen LogP contribution in [0.25, 0.3) is 0 Å². The average molecular weight is 240 g/mol. The predicted molar refractivity (Wildman–Crippen MR) is 72.0 cm³/mol. The van der Waals surface area contributed by atoms with E-state index in [1.807, 2.05) is 0 Å². The first-order chi connectivity index (χ1) is 7.49. The molecule has 0 aliphatic heterocycles. The molecule has 92 valence electrons. The average Bonchev–Trinajstić information content (AvgIpc) is 2.61. The van der Waals surface area contributed by atoms with Crippen molar-refractivity contribution in [3.63, 3.8) is 0 Å². The molecular formula is C13H24N2S. The Bertz CT molecular complexity index is 305. The van der Waals surface area contributed by atoms with Crippen molar-refractivity contribution in [1.29, 1.82) is 0 Å². The van der Waals surface area contributed by atoms with Gasteiger partial charge in [0.1, 0.15) is 0 Å². The highest BCUT2D eigenvalue weighted by atomic mass is 32.1. The summed E-state index contributed by atoms with van der Waals surface area (Å²) in [5.41, 5.74) is 1.18. The highest BCUT2D eigenvalue weighted by Crippen LogP contribution is 2.19. The van der Waals surface area contributed by atoms with E-state index in [4.69, 9.17) is 0 Å². The molecule has 0 saturated carbocycles. The highest BCUT2D eigenvalue weighted by Gasteiger charge is 2.08. The van der Waals surface area contributed by atoms with Crippen molar-refractivity contribution in [2.75, 3.05) is 0 Å². The summed E-state index contributed by atoms with van der Waals surface area (Å²) < 4.78 is 0. The molecule has 1 aromatic heterocycles. The molecule has 1 rings (SSSR count). The Labute approximate surface area is 103 Å². The number of nitrogens with zero attached hydrogens (tertiary/aromatic N) is 1. The zero-order valence-electron chi connectivity index (χ0n) is 11.1. The quantitative estimate of drug-likeness (QED) is 0.818. The van der Waals surface area contributed by atoms with Crippen molar-refractivity contribution in [1.82, 2.24) is 10.3 Å². The summed E-state index contributed by atoms with van der Waals surface area (Å²) in [6, 6.07) is 0.573. The summed E-state index contributed by atoms with van der Waals surface area (Å²) in [6.07, 6.45) is 1.22. The van der Waals surface area contributed by atoms with Crippen LogP contribution in [-0.4, -0.2) is 11.0 Å². The van der Waals surface area contributed by atoms with Gasteiger partial charge in [0.2, 0.25) is 0 Å². The molecule has 0 aromatic carbocycles. The molecule has 0 fully saturated rings. The molecule has 3 heteroatoms. The van der Waals surface area contributed by atoms with Gasteiger partial charge >= 0.3 is 0 Å². The Morgan fingerprint density at radius 1 is 1.25 bits per heavy atom. The van der Waals surface area contributed by atoms with E-state index in [0.29, 0.717) is 12.0 Å². The summed E-state index contributed by atoms with van der Waals surface area (Å²) in [6.45, 7) is 12.1. The number of hydrogen-bond acceptors (Lipinski definition) is 3. The molecule has 0 aliphatic rings. The van der Waals surface area contributed by atoms with E-state index in [0.717, 1.165) is 12.5 Å². The molecule has 1 unspecified atom stereocenters. The van der Waals surface area contributed by atoms with Crippen LogP contribution in [0.15, 0.2) is 5.38 Å². The minimum atomic E-state index is 0.548. The molecule has 0 aliphatic carbocycles. The first-order valence-electron chi connectivity index (χ1n) is 6.16. The summed E-state index contributed by atoms with van der Waals surface area (Å²) >= 11 is 1.77. The zero-order chi connectivity index (χ0) is 12.1. The second kappa shape index (κ2) is 6.36. The van der Waals surface area contributed by atoms with Crippen molar-refractivity contribution in [3.8, 4) is 0 Å². The largest absolute Gasteiger partial charge is 0.309 e. The fourth-order valence-corrected chi connectivity index (χ4v) is 2.57. The number of hydrogen-bond donors (Lipinski definition) is 1. The maximum Gasteiger partial charge on any atom is 0.0954 e. The van der Waals surface area contributed by atoms with Crippen LogP contribution in [0, 0.1) is 5.92 Å². The van der Waals surface area contributed by atoms with Crippen molar-refractivity contribution in [2.24, 2.45) is 5.92 Å². The van der Waals surface area contributed by atoms with E-state index in [1.54, 1.807) is 11.3 Å². The lowest BCUT2D eigenvalue weighted by Crippen LogP contribution is -2.26. The van der Waals surface area contributed by atoms with Crippen LogP contribution in [-0.2, 0) is 6.54 Å².